The zero-order valence-electron chi connectivity index (χ0n) is 21.3. The Balaban J connectivity index is 1.98. The maximum absolute atomic E-state index is 14.0. The lowest BCUT2D eigenvalue weighted by Gasteiger charge is -2.29. The molecule has 0 aliphatic rings. The summed E-state index contributed by atoms with van der Waals surface area (Å²) >= 11 is 0. The smallest absolute Gasteiger partial charge is 0.417 e. The van der Waals surface area contributed by atoms with E-state index in [1.54, 1.807) is 12.1 Å². The summed E-state index contributed by atoms with van der Waals surface area (Å²) in [5.74, 6) is -0.687. The Kier molecular flexibility index (Phi) is 8.12. The normalized spacial score (nSPS) is 11.7. The highest BCUT2D eigenvalue weighted by molar-refractivity contribution is 7.92. The molecule has 1 aromatic heterocycles. The van der Waals surface area contributed by atoms with Crippen LogP contribution in [0.4, 0.5) is 18.9 Å². The summed E-state index contributed by atoms with van der Waals surface area (Å²) in [6.07, 6.45) is -1.73. The molecule has 0 aliphatic heterocycles. The predicted molar refractivity (Wildman–Crippen MR) is 141 cm³/mol. The van der Waals surface area contributed by atoms with E-state index in [-0.39, 0.29) is 39.4 Å². The third-order valence-electron chi connectivity index (χ3n) is 6.14. The molecule has 208 valence electrons. The van der Waals surface area contributed by atoms with Crippen molar-refractivity contribution in [2.24, 2.45) is 0 Å². The van der Waals surface area contributed by atoms with Gasteiger partial charge in [0, 0.05) is 12.4 Å². The molecule has 0 unspecified atom stereocenters. The number of carbonyl (C=O) groups excluding carboxylic acids is 1. The van der Waals surface area contributed by atoms with Gasteiger partial charge in [-0.2, -0.15) is 13.2 Å². The summed E-state index contributed by atoms with van der Waals surface area (Å²) in [5, 5.41) is 9.53. The number of pyridine rings is 1. The number of rotatable bonds is 8. The highest BCUT2D eigenvalue weighted by atomic mass is 32.2. The minimum atomic E-state index is -4.69. The summed E-state index contributed by atoms with van der Waals surface area (Å²) < 4.78 is 75.5. The lowest BCUT2D eigenvalue weighted by Crippen LogP contribution is -2.34. The fourth-order valence-corrected chi connectivity index (χ4v) is 5.83. The van der Waals surface area contributed by atoms with Gasteiger partial charge in [0.15, 0.2) is 0 Å². The second-order valence-electron chi connectivity index (χ2n) is 8.72. The Morgan fingerprint density at radius 3 is 2.35 bits per heavy atom. The van der Waals surface area contributed by atoms with E-state index in [0.717, 1.165) is 16.4 Å². The van der Waals surface area contributed by atoms with Crippen LogP contribution in [0.2, 0.25) is 0 Å². The average molecular weight is 572 g/mol. The van der Waals surface area contributed by atoms with Crippen LogP contribution in [0, 0.1) is 6.92 Å². The van der Waals surface area contributed by atoms with Crippen molar-refractivity contribution in [2.45, 2.75) is 24.5 Å². The van der Waals surface area contributed by atoms with Gasteiger partial charge in [0.05, 0.1) is 35.4 Å². The zero-order valence-corrected chi connectivity index (χ0v) is 22.1. The number of halogens is 3. The number of methoxy groups -OCH3 is 1. The second-order valence-corrected chi connectivity index (χ2v) is 10.6. The number of benzene rings is 3. The molecule has 0 saturated carbocycles. The van der Waals surface area contributed by atoms with Crippen molar-refractivity contribution >= 4 is 21.6 Å². The predicted octanol–water partition coefficient (Wildman–Crippen LogP) is 5.60. The van der Waals surface area contributed by atoms with E-state index in [4.69, 9.17) is 4.74 Å². The van der Waals surface area contributed by atoms with Crippen LogP contribution in [-0.4, -0.2) is 31.6 Å². The first kappa shape index (κ1) is 28.6. The largest absolute Gasteiger partial charge is 0.497 e. The van der Waals surface area contributed by atoms with Crippen LogP contribution in [0.15, 0.2) is 90.1 Å². The number of anilines is 1. The fraction of sp³-hybridized carbons (Fsp3) is 0.143. The van der Waals surface area contributed by atoms with Gasteiger partial charge in [0.2, 0.25) is 0 Å². The number of nitrogens with zero attached hydrogens (tertiary/aromatic N) is 2. The third kappa shape index (κ3) is 5.77. The van der Waals surface area contributed by atoms with Gasteiger partial charge >= 0.3 is 6.18 Å². The molecule has 1 heterocycles. The van der Waals surface area contributed by atoms with Crippen LogP contribution in [0.5, 0.6) is 5.75 Å². The van der Waals surface area contributed by atoms with E-state index in [9.17, 15) is 31.6 Å². The Hall–Kier alpha value is -4.42. The SMILES string of the molecule is COc1ccc(S(=O)(=O)N(Cc2cccnc2)c2c(C)cc(-c3ccccc3C(F)(F)F)cc2C(=O)NO)cc1. The molecular formula is C28H24F3N3O5S. The topological polar surface area (TPSA) is 109 Å². The Morgan fingerprint density at radius 1 is 1.05 bits per heavy atom. The Morgan fingerprint density at radius 2 is 1.75 bits per heavy atom. The monoisotopic (exact) mass is 571 g/mol. The number of sulfonamides is 1. The number of aromatic nitrogens is 1. The van der Waals surface area contributed by atoms with Crippen LogP contribution in [0.3, 0.4) is 0 Å². The number of alkyl halides is 3. The van der Waals surface area contributed by atoms with Crippen molar-refractivity contribution in [1.29, 1.82) is 0 Å². The van der Waals surface area contributed by atoms with E-state index in [1.807, 2.05) is 0 Å². The van der Waals surface area contributed by atoms with Crippen LogP contribution in [-0.2, 0) is 22.7 Å². The van der Waals surface area contributed by atoms with E-state index in [0.29, 0.717) is 11.3 Å². The molecule has 0 spiro atoms. The fourth-order valence-electron chi connectivity index (χ4n) is 4.30. The lowest BCUT2D eigenvalue weighted by atomic mass is 9.94. The summed E-state index contributed by atoms with van der Waals surface area (Å²) in [6, 6.07) is 16.1. The minimum Gasteiger partial charge on any atom is -0.497 e. The van der Waals surface area contributed by atoms with Crippen molar-refractivity contribution in [3.05, 3.63) is 107 Å². The van der Waals surface area contributed by atoms with Crippen molar-refractivity contribution < 1.29 is 36.3 Å². The number of aryl methyl sites for hydroxylation is 1. The number of hydroxylamine groups is 1. The summed E-state index contributed by atoms with van der Waals surface area (Å²) in [5.41, 5.74) is 0.518. The van der Waals surface area contributed by atoms with Gasteiger partial charge in [-0.1, -0.05) is 24.3 Å². The lowest BCUT2D eigenvalue weighted by molar-refractivity contribution is -0.137. The molecule has 4 rings (SSSR count). The molecule has 2 N–H and O–H groups in total. The van der Waals surface area contributed by atoms with Crippen LogP contribution in [0.25, 0.3) is 11.1 Å². The Bertz CT molecular complexity index is 1630. The first-order chi connectivity index (χ1) is 19.0. The van der Waals surface area contributed by atoms with E-state index in [1.165, 1.54) is 80.4 Å². The van der Waals surface area contributed by atoms with E-state index < -0.39 is 27.7 Å². The third-order valence-corrected chi connectivity index (χ3v) is 7.90. The van der Waals surface area contributed by atoms with Crippen molar-refractivity contribution in [3.63, 3.8) is 0 Å². The number of hydrogen-bond acceptors (Lipinski definition) is 6. The van der Waals surface area contributed by atoms with Gasteiger partial charge in [-0.25, -0.2) is 13.9 Å². The van der Waals surface area contributed by atoms with Crippen LogP contribution >= 0.6 is 0 Å². The minimum absolute atomic E-state index is 0.0101. The van der Waals surface area contributed by atoms with E-state index >= 15 is 0 Å². The zero-order chi connectivity index (χ0) is 29.1. The quantitative estimate of drug-likeness (QED) is 0.211. The van der Waals surface area contributed by atoms with Gasteiger partial charge in [-0.15, -0.1) is 0 Å². The highest BCUT2D eigenvalue weighted by Crippen LogP contribution is 2.40. The molecule has 0 atom stereocenters. The molecule has 4 aromatic rings. The number of amides is 1. The van der Waals surface area contributed by atoms with Gasteiger partial charge < -0.3 is 4.74 Å². The van der Waals surface area contributed by atoms with Crippen molar-refractivity contribution in [2.75, 3.05) is 11.4 Å². The van der Waals surface area contributed by atoms with Gasteiger partial charge in [0.1, 0.15) is 5.75 Å². The first-order valence-electron chi connectivity index (χ1n) is 11.8. The maximum Gasteiger partial charge on any atom is 0.417 e. The van der Waals surface area contributed by atoms with Gasteiger partial charge in [0.25, 0.3) is 15.9 Å². The highest BCUT2D eigenvalue weighted by Gasteiger charge is 2.35. The molecule has 8 nitrogen and oxygen atoms in total. The summed E-state index contributed by atoms with van der Waals surface area (Å²) in [4.78, 5) is 16.8. The molecule has 12 heteroatoms. The molecular weight excluding hydrogens is 547 g/mol. The molecule has 40 heavy (non-hydrogen) atoms. The number of ether oxygens (including phenoxy) is 1. The number of nitrogens with one attached hydrogen (secondary N) is 1. The maximum atomic E-state index is 14.0. The molecule has 3 aromatic carbocycles. The molecule has 1 amide bonds. The first-order valence-corrected chi connectivity index (χ1v) is 13.2. The van der Waals surface area contributed by atoms with Crippen LogP contribution < -0.4 is 14.5 Å². The average Bonchev–Trinajstić information content (AvgIpc) is 2.95. The van der Waals surface area contributed by atoms with Gasteiger partial charge in [-0.3, -0.25) is 19.3 Å². The molecule has 0 saturated heterocycles. The van der Waals surface area contributed by atoms with Gasteiger partial charge in [-0.05, 0) is 77.7 Å². The Labute approximate surface area is 228 Å². The summed E-state index contributed by atoms with van der Waals surface area (Å²) in [6.45, 7) is 1.20. The molecule has 0 aliphatic carbocycles. The van der Waals surface area contributed by atoms with E-state index in [2.05, 4.69) is 4.98 Å². The number of hydrogen-bond donors (Lipinski definition) is 2. The molecule has 0 bridgehead atoms. The van der Waals surface area contributed by atoms with Crippen molar-refractivity contribution in [1.82, 2.24) is 10.5 Å². The van der Waals surface area contributed by atoms with Crippen molar-refractivity contribution in [3.8, 4) is 16.9 Å². The molecule has 0 radical (unpaired) electrons. The summed E-state index contributed by atoms with van der Waals surface area (Å²) in [7, 11) is -2.93. The molecule has 0 fully saturated rings. The standard InChI is InChI=1S/C28H24F3N3O5S/c1-18-14-20(23-7-3-4-8-25(23)28(29,30)31)15-24(27(35)33-36)26(18)34(17-19-6-5-13-32-16-19)40(37,38)22-11-9-21(39-2)10-12-22/h3-16,36H,17H2,1-2H3,(H,33,35). The second kappa shape index (κ2) is 11.4. The number of carbonyl (C=O) groups is 1. The van der Waals surface area contributed by atoms with Crippen LogP contribution in [0.1, 0.15) is 27.0 Å².